The van der Waals surface area contributed by atoms with Crippen molar-refractivity contribution < 1.29 is 0 Å². The third-order valence-corrected chi connectivity index (χ3v) is 1.63. The van der Waals surface area contributed by atoms with Gasteiger partial charge in [-0.3, -0.25) is 0 Å². The zero-order chi connectivity index (χ0) is 9.61. The number of halogens is 1. The van der Waals surface area contributed by atoms with E-state index in [4.69, 9.17) is 0 Å². The SMILES string of the molecule is CCC(C#CC(C)(C)C)=CCBr. The molecule has 0 heterocycles. The van der Waals surface area contributed by atoms with E-state index in [9.17, 15) is 0 Å². The summed E-state index contributed by atoms with van der Waals surface area (Å²) < 4.78 is 0. The first-order valence-electron chi connectivity index (χ1n) is 4.27. The molecule has 0 unspecified atom stereocenters. The van der Waals surface area contributed by atoms with Crippen molar-refractivity contribution in [2.24, 2.45) is 5.41 Å². The average molecular weight is 229 g/mol. The second-order valence-corrected chi connectivity index (χ2v) is 4.38. The van der Waals surface area contributed by atoms with E-state index in [1.165, 1.54) is 5.57 Å². The molecular formula is C11H17Br. The Morgan fingerprint density at radius 2 is 2.00 bits per heavy atom. The molecule has 0 spiro atoms. The molecule has 0 saturated heterocycles. The third-order valence-electron chi connectivity index (χ3n) is 1.30. The van der Waals surface area contributed by atoms with E-state index in [1.807, 2.05) is 0 Å². The highest BCUT2D eigenvalue weighted by Gasteiger charge is 2.03. The summed E-state index contributed by atoms with van der Waals surface area (Å²) in [6.07, 6.45) is 3.15. The number of alkyl halides is 1. The van der Waals surface area contributed by atoms with Crippen molar-refractivity contribution in [1.29, 1.82) is 0 Å². The molecule has 0 amide bonds. The number of hydrogen-bond donors (Lipinski definition) is 0. The van der Waals surface area contributed by atoms with Gasteiger partial charge in [0.15, 0.2) is 0 Å². The van der Waals surface area contributed by atoms with Crippen LogP contribution in [0.4, 0.5) is 0 Å². The van der Waals surface area contributed by atoms with Gasteiger partial charge in [0, 0.05) is 10.7 Å². The minimum atomic E-state index is 0.112. The average Bonchev–Trinajstić information content (AvgIpc) is 1.96. The van der Waals surface area contributed by atoms with Crippen LogP contribution in [0.2, 0.25) is 0 Å². The highest BCUT2D eigenvalue weighted by Crippen LogP contribution is 2.11. The van der Waals surface area contributed by atoms with E-state index in [0.29, 0.717) is 0 Å². The van der Waals surface area contributed by atoms with Crippen LogP contribution in [0.3, 0.4) is 0 Å². The normalized spacial score (nSPS) is 12.2. The molecule has 0 atom stereocenters. The van der Waals surface area contributed by atoms with Gasteiger partial charge in [-0.25, -0.2) is 0 Å². The van der Waals surface area contributed by atoms with Gasteiger partial charge in [-0.2, -0.15) is 0 Å². The quantitative estimate of drug-likeness (QED) is 0.499. The second kappa shape index (κ2) is 5.43. The zero-order valence-corrected chi connectivity index (χ0v) is 9.96. The van der Waals surface area contributed by atoms with Crippen LogP contribution in [0.1, 0.15) is 34.1 Å². The molecule has 0 nitrogen and oxygen atoms in total. The molecule has 0 bridgehead atoms. The molecule has 12 heavy (non-hydrogen) atoms. The topological polar surface area (TPSA) is 0 Å². The monoisotopic (exact) mass is 228 g/mol. The van der Waals surface area contributed by atoms with Crippen LogP contribution < -0.4 is 0 Å². The number of hydrogen-bond acceptors (Lipinski definition) is 0. The Hall–Kier alpha value is -0.220. The summed E-state index contributed by atoms with van der Waals surface area (Å²) in [5.41, 5.74) is 1.34. The van der Waals surface area contributed by atoms with Crippen LogP contribution in [0.5, 0.6) is 0 Å². The first-order valence-corrected chi connectivity index (χ1v) is 5.40. The Balaban J connectivity index is 4.36. The van der Waals surface area contributed by atoms with E-state index >= 15 is 0 Å². The van der Waals surface area contributed by atoms with Gasteiger partial charge in [-0.05, 0) is 32.8 Å². The van der Waals surface area contributed by atoms with Gasteiger partial charge in [-0.15, -0.1) is 0 Å². The van der Waals surface area contributed by atoms with Gasteiger partial charge in [-0.1, -0.05) is 40.8 Å². The fourth-order valence-electron chi connectivity index (χ4n) is 0.645. The van der Waals surface area contributed by atoms with E-state index < -0.39 is 0 Å². The smallest absolute Gasteiger partial charge is 0.0233 e. The maximum Gasteiger partial charge on any atom is 0.0233 e. The van der Waals surface area contributed by atoms with Crippen molar-refractivity contribution in [3.8, 4) is 11.8 Å². The van der Waals surface area contributed by atoms with Crippen molar-refractivity contribution in [3.05, 3.63) is 11.6 Å². The van der Waals surface area contributed by atoms with Crippen LogP contribution in [0.25, 0.3) is 0 Å². The summed E-state index contributed by atoms with van der Waals surface area (Å²) in [6, 6.07) is 0. The summed E-state index contributed by atoms with van der Waals surface area (Å²) >= 11 is 3.37. The molecule has 0 aromatic carbocycles. The van der Waals surface area contributed by atoms with Crippen LogP contribution in [0, 0.1) is 17.3 Å². The first-order chi connectivity index (χ1) is 5.49. The summed E-state index contributed by atoms with van der Waals surface area (Å²) in [6.45, 7) is 8.51. The maximum atomic E-state index is 3.37. The molecule has 0 rings (SSSR count). The lowest BCUT2D eigenvalue weighted by Gasteiger charge is -2.07. The lowest BCUT2D eigenvalue weighted by Crippen LogP contribution is -1.99. The predicted octanol–water partition coefficient (Wildman–Crippen LogP) is 3.77. The Labute approximate surface area is 84.6 Å². The van der Waals surface area contributed by atoms with Crippen molar-refractivity contribution in [1.82, 2.24) is 0 Å². The number of rotatable bonds is 2. The number of allylic oxidation sites excluding steroid dienone is 2. The highest BCUT2D eigenvalue weighted by molar-refractivity contribution is 9.09. The molecule has 0 saturated carbocycles. The van der Waals surface area contributed by atoms with E-state index in [0.717, 1.165) is 11.8 Å². The molecule has 0 aromatic rings. The van der Waals surface area contributed by atoms with Crippen molar-refractivity contribution in [3.63, 3.8) is 0 Å². The molecule has 0 aliphatic rings. The zero-order valence-electron chi connectivity index (χ0n) is 8.37. The lowest BCUT2D eigenvalue weighted by molar-refractivity contribution is 0.571. The Bertz CT molecular complexity index is 207. The lowest BCUT2D eigenvalue weighted by atomic mass is 9.97. The van der Waals surface area contributed by atoms with E-state index in [1.54, 1.807) is 0 Å². The Kier molecular flexibility index (Phi) is 5.33. The fourth-order valence-corrected chi connectivity index (χ4v) is 1.04. The fraction of sp³-hybridized carbons (Fsp3) is 0.636. The standard InChI is InChI=1S/C11H17Br/c1-5-10(7-9-12)6-8-11(2,3)4/h7H,5,9H2,1-4H3. The van der Waals surface area contributed by atoms with Crippen LogP contribution in [-0.2, 0) is 0 Å². The molecule has 0 fully saturated rings. The van der Waals surface area contributed by atoms with Gasteiger partial charge < -0.3 is 0 Å². The van der Waals surface area contributed by atoms with Gasteiger partial charge in [0.25, 0.3) is 0 Å². The second-order valence-electron chi connectivity index (χ2n) is 3.74. The molecule has 1 heteroatoms. The van der Waals surface area contributed by atoms with E-state index in [2.05, 4.69) is 61.5 Å². The van der Waals surface area contributed by atoms with Crippen molar-refractivity contribution in [2.45, 2.75) is 34.1 Å². The van der Waals surface area contributed by atoms with Gasteiger partial charge in [0.2, 0.25) is 0 Å². The Morgan fingerprint density at radius 1 is 1.42 bits per heavy atom. The summed E-state index contributed by atoms with van der Waals surface area (Å²) in [4.78, 5) is 0. The summed E-state index contributed by atoms with van der Waals surface area (Å²) in [7, 11) is 0. The maximum absolute atomic E-state index is 3.37. The molecular weight excluding hydrogens is 212 g/mol. The highest BCUT2D eigenvalue weighted by atomic mass is 79.9. The Morgan fingerprint density at radius 3 is 2.33 bits per heavy atom. The molecule has 0 aliphatic heterocycles. The van der Waals surface area contributed by atoms with Gasteiger partial charge in [0.05, 0.1) is 0 Å². The summed E-state index contributed by atoms with van der Waals surface area (Å²) in [5, 5.41) is 0.898. The van der Waals surface area contributed by atoms with Crippen LogP contribution in [-0.4, -0.2) is 5.33 Å². The van der Waals surface area contributed by atoms with Crippen molar-refractivity contribution in [2.75, 3.05) is 5.33 Å². The third kappa shape index (κ3) is 6.49. The minimum absolute atomic E-state index is 0.112. The molecule has 0 aromatic heterocycles. The molecule has 0 N–H and O–H groups in total. The molecule has 0 aliphatic carbocycles. The molecule has 68 valence electrons. The van der Waals surface area contributed by atoms with Crippen LogP contribution >= 0.6 is 15.9 Å². The van der Waals surface area contributed by atoms with Crippen LogP contribution in [0.15, 0.2) is 11.6 Å². The van der Waals surface area contributed by atoms with E-state index in [-0.39, 0.29) is 5.41 Å². The van der Waals surface area contributed by atoms with Crippen molar-refractivity contribution >= 4 is 15.9 Å². The molecule has 0 radical (unpaired) electrons. The largest absolute Gasteiger partial charge is 0.0923 e. The predicted molar refractivity (Wildman–Crippen MR) is 59.4 cm³/mol. The first kappa shape index (κ1) is 11.8. The van der Waals surface area contributed by atoms with Gasteiger partial charge >= 0.3 is 0 Å². The summed E-state index contributed by atoms with van der Waals surface area (Å²) in [5.74, 6) is 6.41. The minimum Gasteiger partial charge on any atom is -0.0923 e. The van der Waals surface area contributed by atoms with Gasteiger partial charge in [0.1, 0.15) is 0 Å².